The Balaban J connectivity index is 1.38. The number of hydrogen-bond acceptors (Lipinski definition) is 3. The highest BCUT2D eigenvalue weighted by Crippen LogP contribution is 2.35. The van der Waals surface area contributed by atoms with Crippen molar-refractivity contribution in [3.63, 3.8) is 0 Å². The van der Waals surface area contributed by atoms with Gasteiger partial charge in [-0.05, 0) is 53.8 Å². The van der Waals surface area contributed by atoms with E-state index in [1.165, 1.54) is 11.1 Å². The van der Waals surface area contributed by atoms with Crippen LogP contribution < -0.4 is 4.90 Å². The first-order valence-electron chi connectivity index (χ1n) is 11.1. The van der Waals surface area contributed by atoms with Crippen molar-refractivity contribution in [2.45, 2.75) is 32.7 Å². The quantitative estimate of drug-likeness (QED) is 0.641. The molecule has 3 aromatic rings. The molecule has 5 rings (SSSR count). The standard InChI is InChI=1S/C26H28N4O2/c1-17-8-9-22(10-18(17)2)30-15-20(11-25(30)31)26(32)29-14-19-6-4-5-7-23(19)24(16-29)21-12-27-28(3)13-21/h4-10,12-13,20,24H,11,14-16H2,1-3H3. The van der Waals surface area contributed by atoms with E-state index in [-0.39, 0.29) is 30.1 Å². The summed E-state index contributed by atoms with van der Waals surface area (Å²) in [4.78, 5) is 30.1. The van der Waals surface area contributed by atoms with E-state index >= 15 is 0 Å². The molecule has 6 heteroatoms. The van der Waals surface area contributed by atoms with Crippen LogP contribution in [0.5, 0.6) is 0 Å². The molecule has 1 saturated heterocycles. The average Bonchev–Trinajstić information content (AvgIpc) is 3.40. The van der Waals surface area contributed by atoms with Crippen molar-refractivity contribution < 1.29 is 9.59 Å². The van der Waals surface area contributed by atoms with Gasteiger partial charge in [0.2, 0.25) is 11.8 Å². The molecule has 1 fully saturated rings. The molecule has 32 heavy (non-hydrogen) atoms. The van der Waals surface area contributed by atoms with E-state index in [1.807, 2.05) is 55.5 Å². The topological polar surface area (TPSA) is 58.4 Å². The second kappa shape index (κ2) is 7.93. The summed E-state index contributed by atoms with van der Waals surface area (Å²) in [6.45, 7) is 5.74. The zero-order valence-corrected chi connectivity index (χ0v) is 18.8. The van der Waals surface area contributed by atoms with Crippen molar-refractivity contribution in [1.29, 1.82) is 0 Å². The number of anilines is 1. The van der Waals surface area contributed by atoms with Crippen molar-refractivity contribution in [2.24, 2.45) is 13.0 Å². The number of nitrogens with zero attached hydrogens (tertiary/aromatic N) is 4. The maximum Gasteiger partial charge on any atom is 0.228 e. The summed E-state index contributed by atoms with van der Waals surface area (Å²) < 4.78 is 1.80. The van der Waals surface area contributed by atoms with Gasteiger partial charge in [0.25, 0.3) is 0 Å². The Morgan fingerprint density at radius 3 is 2.62 bits per heavy atom. The van der Waals surface area contributed by atoms with Gasteiger partial charge in [-0.3, -0.25) is 14.3 Å². The fourth-order valence-electron chi connectivity index (χ4n) is 4.95. The molecule has 2 amide bonds. The molecule has 6 nitrogen and oxygen atoms in total. The maximum absolute atomic E-state index is 13.6. The summed E-state index contributed by atoms with van der Waals surface area (Å²) in [5.41, 5.74) is 6.75. The van der Waals surface area contributed by atoms with Gasteiger partial charge >= 0.3 is 0 Å². The molecule has 0 radical (unpaired) electrons. The minimum Gasteiger partial charge on any atom is -0.337 e. The lowest BCUT2D eigenvalue weighted by atomic mass is 9.85. The Morgan fingerprint density at radius 2 is 1.88 bits per heavy atom. The molecule has 2 aromatic carbocycles. The molecular weight excluding hydrogens is 400 g/mol. The van der Waals surface area contributed by atoms with E-state index in [2.05, 4.69) is 30.2 Å². The fraction of sp³-hybridized carbons (Fsp3) is 0.346. The highest BCUT2D eigenvalue weighted by molar-refractivity contribution is 6.00. The predicted molar refractivity (Wildman–Crippen MR) is 123 cm³/mol. The molecule has 0 saturated carbocycles. The van der Waals surface area contributed by atoms with E-state index in [9.17, 15) is 9.59 Å². The molecule has 0 aliphatic carbocycles. The lowest BCUT2D eigenvalue weighted by Crippen LogP contribution is -2.42. The highest BCUT2D eigenvalue weighted by Gasteiger charge is 2.39. The zero-order valence-electron chi connectivity index (χ0n) is 18.8. The Kier molecular flexibility index (Phi) is 5.08. The number of carbonyl (C=O) groups is 2. The van der Waals surface area contributed by atoms with Crippen molar-refractivity contribution in [3.05, 3.63) is 82.7 Å². The number of hydrogen-bond donors (Lipinski definition) is 0. The molecule has 164 valence electrons. The molecular formula is C26H28N4O2. The van der Waals surface area contributed by atoms with Crippen molar-refractivity contribution >= 4 is 17.5 Å². The maximum atomic E-state index is 13.6. The largest absolute Gasteiger partial charge is 0.337 e. The third-order valence-electron chi connectivity index (χ3n) is 6.91. The van der Waals surface area contributed by atoms with Crippen molar-refractivity contribution in [2.75, 3.05) is 18.0 Å². The summed E-state index contributed by atoms with van der Waals surface area (Å²) in [5, 5.41) is 4.34. The second-order valence-corrected chi connectivity index (χ2v) is 9.09. The van der Waals surface area contributed by atoms with E-state index in [4.69, 9.17) is 0 Å². The van der Waals surface area contributed by atoms with Crippen molar-refractivity contribution in [1.82, 2.24) is 14.7 Å². The van der Waals surface area contributed by atoms with Gasteiger partial charge in [-0.15, -0.1) is 0 Å². The number of carbonyl (C=O) groups excluding carboxylic acids is 2. The van der Waals surface area contributed by atoms with Gasteiger partial charge in [0.15, 0.2) is 0 Å². The lowest BCUT2D eigenvalue weighted by molar-refractivity contribution is -0.136. The Morgan fingerprint density at radius 1 is 1.06 bits per heavy atom. The first-order valence-corrected chi connectivity index (χ1v) is 11.1. The number of amides is 2. The number of rotatable bonds is 3. The summed E-state index contributed by atoms with van der Waals surface area (Å²) in [5.74, 6) is -0.143. The minimum absolute atomic E-state index is 0.0211. The third-order valence-corrected chi connectivity index (χ3v) is 6.91. The lowest BCUT2D eigenvalue weighted by Gasteiger charge is -2.35. The fourth-order valence-corrected chi connectivity index (χ4v) is 4.95. The third kappa shape index (κ3) is 3.60. The number of fused-ring (bicyclic) bond motifs is 1. The summed E-state index contributed by atoms with van der Waals surface area (Å²) in [7, 11) is 1.91. The number of aromatic nitrogens is 2. The predicted octanol–water partition coefficient (Wildman–Crippen LogP) is 3.56. The average molecular weight is 429 g/mol. The Labute approximate surface area is 188 Å². The second-order valence-electron chi connectivity index (χ2n) is 9.09. The van der Waals surface area contributed by atoms with E-state index in [1.54, 1.807) is 9.58 Å². The monoisotopic (exact) mass is 428 g/mol. The van der Waals surface area contributed by atoms with E-state index in [0.717, 1.165) is 22.4 Å². The van der Waals surface area contributed by atoms with Crippen LogP contribution in [0.1, 0.15) is 40.2 Å². The SMILES string of the molecule is Cc1ccc(N2CC(C(=O)N3Cc4ccccc4C(c4cnn(C)c4)C3)CC2=O)cc1C. The molecule has 2 atom stereocenters. The molecule has 2 aliphatic rings. The zero-order chi connectivity index (χ0) is 22.4. The number of benzene rings is 2. The highest BCUT2D eigenvalue weighted by atomic mass is 16.2. The van der Waals surface area contributed by atoms with Gasteiger partial charge < -0.3 is 9.80 Å². The molecule has 3 heterocycles. The van der Waals surface area contributed by atoms with Crippen LogP contribution >= 0.6 is 0 Å². The Hall–Kier alpha value is -3.41. The first-order chi connectivity index (χ1) is 15.4. The first kappa shape index (κ1) is 20.5. The molecule has 0 N–H and O–H groups in total. The van der Waals surface area contributed by atoms with Crippen LogP contribution in [0.15, 0.2) is 54.9 Å². The summed E-state index contributed by atoms with van der Waals surface area (Å²) >= 11 is 0. The van der Waals surface area contributed by atoms with Crippen LogP contribution in [-0.2, 0) is 23.2 Å². The van der Waals surface area contributed by atoms with Crippen molar-refractivity contribution in [3.8, 4) is 0 Å². The smallest absolute Gasteiger partial charge is 0.228 e. The minimum atomic E-state index is -0.316. The van der Waals surface area contributed by atoms with Gasteiger partial charge in [-0.1, -0.05) is 30.3 Å². The van der Waals surface area contributed by atoms with Crippen LogP contribution in [-0.4, -0.2) is 39.6 Å². The van der Waals surface area contributed by atoms with E-state index < -0.39 is 0 Å². The van der Waals surface area contributed by atoms with Crippen LogP contribution in [0.2, 0.25) is 0 Å². The van der Waals surface area contributed by atoms with Crippen LogP contribution in [0, 0.1) is 19.8 Å². The van der Waals surface area contributed by atoms with Gasteiger partial charge in [0, 0.05) is 50.9 Å². The molecule has 0 bridgehead atoms. The van der Waals surface area contributed by atoms with Crippen LogP contribution in [0.3, 0.4) is 0 Å². The summed E-state index contributed by atoms with van der Waals surface area (Å²) in [6.07, 6.45) is 4.17. The summed E-state index contributed by atoms with van der Waals surface area (Å²) in [6, 6.07) is 14.4. The van der Waals surface area contributed by atoms with Gasteiger partial charge in [-0.2, -0.15) is 5.10 Å². The van der Waals surface area contributed by atoms with Gasteiger partial charge in [0.1, 0.15) is 0 Å². The van der Waals surface area contributed by atoms with Crippen LogP contribution in [0.25, 0.3) is 0 Å². The Bertz CT molecular complexity index is 1200. The molecule has 0 spiro atoms. The van der Waals surface area contributed by atoms with Gasteiger partial charge in [0.05, 0.1) is 12.1 Å². The molecule has 1 aromatic heterocycles. The number of aryl methyl sites for hydroxylation is 3. The normalized spacial score (nSPS) is 20.5. The van der Waals surface area contributed by atoms with E-state index in [0.29, 0.717) is 19.6 Å². The molecule has 2 aliphatic heterocycles. The van der Waals surface area contributed by atoms with Gasteiger partial charge in [-0.25, -0.2) is 0 Å². The molecule has 2 unspecified atom stereocenters. The van der Waals surface area contributed by atoms with Crippen LogP contribution in [0.4, 0.5) is 5.69 Å².